The van der Waals surface area contributed by atoms with Crippen molar-refractivity contribution in [1.82, 2.24) is 19.8 Å². The van der Waals surface area contributed by atoms with Gasteiger partial charge < -0.3 is 25.2 Å². The maximum absolute atomic E-state index is 13.3. The van der Waals surface area contributed by atoms with E-state index in [9.17, 15) is 14.7 Å². The van der Waals surface area contributed by atoms with Crippen molar-refractivity contribution in [2.75, 3.05) is 11.9 Å². The second kappa shape index (κ2) is 11.9. The number of carbonyl (C=O) groups excluding carboxylic acids is 1. The first kappa shape index (κ1) is 29.1. The average Bonchev–Trinajstić information content (AvgIpc) is 3.50. The number of aromatic carboxylic acids is 1. The highest BCUT2D eigenvalue weighted by atomic mass is 32.1. The standard InChI is InChI=1S/C35H33N5O3S/c1-21-14-15-25(34(42)43)20-30(21)40-22(2)19-27(23(40)3)33-32(29-12-6-7-17-36-29)38-35(44)39(33)18-16-31(41)37-28-13-8-10-24-9-4-5-11-26(24)28/h4-15,17,19-20,32-33H,16,18H2,1-3H3,(H,37,41)(H,38,44)(H,42,43)/t32-,33+/m0/s1. The lowest BCUT2D eigenvalue weighted by molar-refractivity contribution is -0.116. The lowest BCUT2D eigenvalue weighted by Gasteiger charge is -2.28. The van der Waals surface area contributed by atoms with E-state index in [4.69, 9.17) is 12.2 Å². The van der Waals surface area contributed by atoms with Crippen molar-refractivity contribution in [1.29, 1.82) is 0 Å². The molecular formula is C35H33N5O3S. The van der Waals surface area contributed by atoms with Crippen LogP contribution >= 0.6 is 12.2 Å². The van der Waals surface area contributed by atoms with E-state index in [1.807, 2.05) is 87.5 Å². The largest absolute Gasteiger partial charge is 0.478 e. The fourth-order valence-electron chi connectivity index (χ4n) is 6.20. The van der Waals surface area contributed by atoms with Crippen molar-refractivity contribution in [3.8, 4) is 5.69 Å². The molecule has 1 fully saturated rings. The fourth-order valence-corrected chi connectivity index (χ4v) is 6.53. The summed E-state index contributed by atoms with van der Waals surface area (Å²) in [5.74, 6) is -1.07. The van der Waals surface area contributed by atoms with Gasteiger partial charge >= 0.3 is 5.97 Å². The Morgan fingerprint density at radius 2 is 1.75 bits per heavy atom. The highest BCUT2D eigenvalue weighted by molar-refractivity contribution is 7.80. The Kier molecular flexibility index (Phi) is 7.88. The first-order valence-corrected chi connectivity index (χ1v) is 14.9. The molecule has 0 unspecified atom stereocenters. The van der Waals surface area contributed by atoms with Crippen LogP contribution in [0.3, 0.4) is 0 Å². The van der Waals surface area contributed by atoms with Gasteiger partial charge in [-0.3, -0.25) is 9.78 Å². The van der Waals surface area contributed by atoms with E-state index in [1.54, 1.807) is 18.3 Å². The van der Waals surface area contributed by atoms with E-state index in [2.05, 4.69) is 31.2 Å². The molecule has 9 heteroatoms. The summed E-state index contributed by atoms with van der Waals surface area (Å²) in [4.78, 5) is 31.8. The van der Waals surface area contributed by atoms with Crippen molar-refractivity contribution >= 4 is 45.7 Å². The minimum atomic E-state index is -0.970. The number of benzene rings is 3. The number of rotatable bonds is 8. The smallest absolute Gasteiger partial charge is 0.335 e. The number of thiocarbonyl (C=S) groups is 1. The number of aromatic nitrogens is 2. The maximum atomic E-state index is 13.3. The Morgan fingerprint density at radius 3 is 2.52 bits per heavy atom. The summed E-state index contributed by atoms with van der Waals surface area (Å²) in [5, 5.41) is 18.8. The highest BCUT2D eigenvalue weighted by Crippen LogP contribution is 2.41. The molecular weight excluding hydrogens is 570 g/mol. The van der Waals surface area contributed by atoms with Crippen molar-refractivity contribution in [2.24, 2.45) is 0 Å². The molecule has 0 saturated carbocycles. The molecule has 5 aromatic rings. The third kappa shape index (κ3) is 5.42. The number of pyridine rings is 1. The molecule has 8 nitrogen and oxygen atoms in total. The summed E-state index contributed by atoms with van der Waals surface area (Å²) in [6, 6.07) is 26.5. The van der Waals surface area contributed by atoms with Crippen LogP contribution < -0.4 is 10.6 Å². The molecule has 6 rings (SSSR count). The zero-order valence-electron chi connectivity index (χ0n) is 24.7. The van der Waals surface area contributed by atoms with E-state index in [-0.39, 0.29) is 30.0 Å². The molecule has 3 N–H and O–H groups in total. The molecule has 2 aromatic heterocycles. The third-order valence-corrected chi connectivity index (χ3v) is 8.68. The van der Waals surface area contributed by atoms with Gasteiger partial charge in [0, 0.05) is 47.3 Å². The van der Waals surface area contributed by atoms with Crippen molar-refractivity contribution < 1.29 is 14.7 Å². The number of hydrogen-bond donors (Lipinski definition) is 3. The number of carboxylic acid groups (broad SMARTS) is 1. The van der Waals surface area contributed by atoms with Crippen LogP contribution in [0.15, 0.2) is 91.1 Å². The Balaban J connectivity index is 1.34. The van der Waals surface area contributed by atoms with Gasteiger partial charge in [0.15, 0.2) is 5.11 Å². The molecule has 1 aliphatic heterocycles. The predicted octanol–water partition coefficient (Wildman–Crippen LogP) is 6.65. The normalized spacial score (nSPS) is 16.2. The van der Waals surface area contributed by atoms with Crippen LogP contribution in [0.25, 0.3) is 16.5 Å². The summed E-state index contributed by atoms with van der Waals surface area (Å²) in [5.41, 5.74) is 6.60. The number of carboxylic acids is 1. The van der Waals surface area contributed by atoms with Crippen LogP contribution in [0.2, 0.25) is 0 Å². The average molecular weight is 604 g/mol. The second-order valence-electron chi connectivity index (χ2n) is 11.1. The molecule has 1 amide bonds. The minimum absolute atomic E-state index is 0.101. The third-order valence-electron chi connectivity index (χ3n) is 8.33. The molecule has 0 aliphatic carbocycles. The number of carbonyl (C=O) groups is 2. The lowest BCUT2D eigenvalue weighted by Crippen LogP contribution is -2.33. The Labute approximate surface area is 261 Å². The predicted molar refractivity (Wildman–Crippen MR) is 176 cm³/mol. The van der Waals surface area contributed by atoms with Crippen molar-refractivity contribution in [2.45, 2.75) is 39.3 Å². The highest BCUT2D eigenvalue weighted by Gasteiger charge is 2.41. The van der Waals surface area contributed by atoms with Crippen LogP contribution in [-0.2, 0) is 4.79 Å². The van der Waals surface area contributed by atoms with Crippen LogP contribution in [0.5, 0.6) is 0 Å². The molecule has 0 bridgehead atoms. The van der Waals surface area contributed by atoms with Gasteiger partial charge in [-0.2, -0.15) is 0 Å². The Morgan fingerprint density at radius 1 is 0.977 bits per heavy atom. The van der Waals surface area contributed by atoms with Crippen LogP contribution in [-0.4, -0.2) is 43.1 Å². The summed E-state index contributed by atoms with van der Waals surface area (Å²) in [6.45, 7) is 6.43. The van der Waals surface area contributed by atoms with E-state index >= 15 is 0 Å². The monoisotopic (exact) mass is 603 g/mol. The Hall–Kier alpha value is -5.02. The molecule has 0 radical (unpaired) electrons. The molecule has 2 atom stereocenters. The number of nitrogens with one attached hydrogen (secondary N) is 2. The number of nitrogens with zero attached hydrogens (tertiary/aromatic N) is 3. The number of aryl methyl sites for hydroxylation is 2. The second-order valence-corrected chi connectivity index (χ2v) is 11.5. The zero-order valence-corrected chi connectivity index (χ0v) is 25.6. The Bertz CT molecular complexity index is 1900. The number of amides is 1. The van der Waals surface area contributed by atoms with Crippen LogP contribution in [0, 0.1) is 20.8 Å². The number of fused-ring (bicyclic) bond motifs is 1. The first-order chi connectivity index (χ1) is 21.2. The number of hydrogen-bond acceptors (Lipinski definition) is 4. The number of anilines is 1. The SMILES string of the molecule is Cc1ccc(C(=O)O)cc1-n1c(C)cc([C@@H]2[C@H](c3ccccn3)NC(=S)N2CCC(=O)Nc2cccc3ccccc23)c1C. The van der Waals surface area contributed by atoms with Gasteiger partial charge in [0.25, 0.3) is 0 Å². The van der Waals surface area contributed by atoms with E-state index < -0.39 is 5.97 Å². The van der Waals surface area contributed by atoms with Gasteiger partial charge in [0.1, 0.15) is 0 Å². The molecule has 1 aliphatic rings. The summed E-state index contributed by atoms with van der Waals surface area (Å²) >= 11 is 5.87. The van der Waals surface area contributed by atoms with Crippen LogP contribution in [0.4, 0.5) is 5.69 Å². The topological polar surface area (TPSA) is 99.5 Å². The summed E-state index contributed by atoms with van der Waals surface area (Å²) in [6.07, 6.45) is 2.00. The maximum Gasteiger partial charge on any atom is 0.335 e. The quantitative estimate of drug-likeness (QED) is 0.171. The van der Waals surface area contributed by atoms with Gasteiger partial charge in [-0.25, -0.2) is 4.79 Å². The first-order valence-electron chi connectivity index (χ1n) is 14.5. The molecule has 44 heavy (non-hydrogen) atoms. The summed E-state index contributed by atoms with van der Waals surface area (Å²) < 4.78 is 2.10. The lowest BCUT2D eigenvalue weighted by atomic mass is 9.96. The minimum Gasteiger partial charge on any atom is -0.478 e. The van der Waals surface area contributed by atoms with E-state index in [1.165, 1.54) is 0 Å². The fraction of sp³-hybridized carbons (Fsp3) is 0.200. The van der Waals surface area contributed by atoms with Gasteiger partial charge in [-0.05, 0) is 85.9 Å². The van der Waals surface area contributed by atoms with Crippen LogP contribution in [0.1, 0.15) is 57.1 Å². The molecule has 1 saturated heterocycles. The van der Waals surface area contributed by atoms with E-state index in [0.717, 1.165) is 50.4 Å². The van der Waals surface area contributed by atoms with Crippen molar-refractivity contribution in [3.63, 3.8) is 0 Å². The van der Waals surface area contributed by atoms with Gasteiger partial charge in [0.2, 0.25) is 5.91 Å². The summed E-state index contributed by atoms with van der Waals surface area (Å²) in [7, 11) is 0. The van der Waals surface area contributed by atoms with Gasteiger partial charge in [0.05, 0.1) is 23.3 Å². The molecule has 3 aromatic carbocycles. The molecule has 222 valence electrons. The van der Waals surface area contributed by atoms with E-state index in [0.29, 0.717) is 11.7 Å². The molecule has 3 heterocycles. The van der Waals surface area contributed by atoms with Gasteiger partial charge in [-0.1, -0.05) is 48.5 Å². The van der Waals surface area contributed by atoms with Crippen molar-refractivity contribution in [3.05, 3.63) is 125 Å². The van der Waals surface area contributed by atoms with Gasteiger partial charge in [-0.15, -0.1) is 0 Å². The zero-order chi connectivity index (χ0) is 31.0. The molecule has 0 spiro atoms.